The molecule has 1 aliphatic carbocycles. The number of allylic oxidation sites excluding steroid dienone is 1. The number of fused-ring (bicyclic) bond motifs is 1. The standard InChI is InChI=1S/C20H16N2O2/c1-14(22-21-13-7-10-15-8-3-2-4-9-15)18-19(23)16-11-5-6-12-17(16)20(18)24/h2-13,18H,1H3. The van der Waals surface area contributed by atoms with Gasteiger partial charge in [-0.3, -0.25) is 9.59 Å². The largest absolute Gasteiger partial charge is 0.293 e. The molecule has 3 rings (SSSR count). The average Bonchev–Trinajstić information content (AvgIpc) is 2.87. The molecule has 0 saturated carbocycles. The van der Waals surface area contributed by atoms with Gasteiger partial charge in [0.1, 0.15) is 5.92 Å². The van der Waals surface area contributed by atoms with Gasteiger partial charge in [-0.2, -0.15) is 10.2 Å². The van der Waals surface area contributed by atoms with Crippen LogP contribution in [-0.2, 0) is 0 Å². The summed E-state index contributed by atoms with van der Waals surface area (Å²) in [7, 11) is 0. The van der Waals surface area contributed by atoms with Crippen LogP contribution in [0.15, 0.2) is 70.9 Å². The van der Waals surface area contributed by atoms with Crippen LogP contribution < -0.4 is 0 Å². The molecule has 0 fully saturated rings. The summed E-state index contributed by atoms with van der Waals surface area (Å²) in [5.74, 6) is -1.25. The smallest absolute Gasteiger partial charge is 0.180 e. The Hall–Kier alpha value is -3.14. The second kappa shape index (κ2) is 6.96. The monoisotopic (exact) mass is 316 g/mol. The number of rotatable bonds is 4. The van der Waals surface area contributed by atoms with Gasteiger partial charge in [0.25, 0.3) is 0 Å². The van der Waals surface area contributed by atoms with Crippen LogP contribution in [0.4, 0.5) is 0 Å². The third-order valence-electron chi connectivity index (χ3n) is 3.86. The number of Topliss-reactive ketones (excluding diaryl/α,β-unsaturated/α-hetero) is 2. The molecular weight excluding hydrogens is 300 g/mol. The van der Waals surface area contributed by atoms with Gasteiger partial charge >= 0.3 is 0 Å². The fourth-order valence-corrected chi connectivity index (χ4v) is 2.66. The van der Waals surface area contributed by atoms with Gasteiger partial charge in [0.15, 0.2) is 11.6 Å². The molecule has 2 aromatic rings. The van der Waals surface area contributed by atoms with Crippen molar-refractivity contribution in [3.8, 4) is 0 Å². The van der Waals surface area contributed by atoms with Gasteiger partial charge in [0, 0.05) is 17.3 Å². The highest BCUT2D eigenvalue weighted by molar-refractivity contribution is 6.36. The van der Waals surface area contributed by atoms with Crippen molar-refractivity contribution in [2.75, 3.05) is 0 Å². The molecule has 4 nitrogen and oxygen atoms in total. The summed E-state index contributed by atoms with van der Waals surface area (Å²) in [5, 5.41) is 7.95. The van der Waals surface area contributed by atoms with E-state index in [4.69, 9.17) is 0 Å². The number of hydrogen-bond donors (Lipinski definition) is 0. The first-order chi connectivity index (χ1) is 11.7. The lowest BCUT2D eigenvalue weighted by Crippen LogP contribution is -2.23. The molecule has 0 heterocycles. The fourth-order valence-electron chi connectivity index (χ4n) is 2.66. The topological polar surface area (TPSA) is 58.9 Å². The molecular formula is C20H16N2O2. The quantitative estimate of drug-likeness (QED) is 0.489. The fraction of sp³-hybridized carbons (Fsp3) is 0.100. The Balaban J connectivity index is 1.71. The maximum Gasteiger partial charge on any atom is 0.180 e. The Bertz CT molecular complexity index is 829. The summed E-state index contributed by atoms with van der Waals surface area (Å²) in [4.78, 5) is 24.7. The molecule has 2 aromatic carbocycles. The average molecular weight is 316 g/mol. The Morgan fingerprint density at radius 3 is 2.12 bits per heavy atom. The van der Waals surface area contributed by atoms with Crippen LogP contribution in [-0.4, -0.2) is 23.5 Å². The van der Waals surface area contributed by atoms with Crippen molar-refractivity contribution in [3.05, 3.63) is 77.4 Å². The third kappa shape index (κ3) is 3.13. The van der Waals surface area contributed by atoms with E-state index in [1.165, 1.54) is 6.21 Å². The van der Waals surface area contributed by atoms with Crippen molar-refractivity contribution in [1.82, 2.24) is 0 Å². The van der Waals surface area contributed by atoms with Crippen LogP contribution in [0.1, 0.15) is 33.2 Å². The lowest BCUT2D eigenvalue weighted by Gasteiger charge is -2.03. The predicted octanol–water partition coefficient (Wildman–Crippen LogP) is 3.84. The highest BCUT2D eigenvalue weighted by Gasteiger charge is 2.40. The van der Waals surface area contributed by atoms with Crippen LogP contribution in [0.25, 0.3) is 6.08 Å². The normalized spacial score (nSPS) is 15.6. The molecule has 0 aromatic heterocycles. The molecule has 0 bridgehead atoms. The van der Waals surface area contributed by atoms with Crippen LogP contribution in [0.3, 0.4) is 0 Å². The van der Waals surface area contributed by atoms with Gasteiger partial charge in [-0.15, -0.1) is 0 Å². The molecule has 0 aliphatic heterocycles. The van der Waals surface area contributed by atoms with Gasteiger partial charge in [-0.1, -0.05) is 60.7 Å². The van der Waals surface area contributed by atoms with Gasteiger partial charge < -0.3 is 0 Å². The minimum absolute atomic E-state index is 0.202. The lowest BCUT2D eigenvalue weighted by molar-refractivity contribution is 0.0883. The first-order valence-corrected chi connectivity index (χ1v) is 7.65. The summed E-state index contributed by atoms with van der Waals surface area (Å²) in [6, 6.07) is 16.7. The Morgan fingerprint density at radius 2 is 1.50 bits per heavy atom. The van der Waals surface area contributed by atoms with Crippen molar-refractivity contribution in [1.29, 1.82) is 0 Å². The zero-order valence-electron chi connectivity index (χ0n) is 13.2. The maximum absolute atomic E-state index is 12.4. The van der Waals surface area contributed by atoms with E-state index in [-0.39, 0.29) is 11.6 Å². The molecule has 0 amide bonds. The van der Waals surface area contributed by atoms with Crippen LogP contribution in [0, 0.1) is 5.92 Å². The Labute approximate surface area is 140 Å². The van der Waals surface area contributed by atoms with Crippen molar-refractivity contribution in [2.24, 2.45) is 16.1 Å². The minimum atomic E-state index is -0.849. The van der Waals surface area contributed by atoms with Crippen molar-refractivity contribution in [3.63, 3.8) is 0 Å². The van der Waals surface area contributed by atoms with Gasteiger partial charge in [-0.05, 0) is 18.6 Å². The summed E-state index contributed by atoms with van der Waals surface area (Å²) in [5.41, 5.74) is 2.40. The molecule has 1 aliphatic rings. The summed E-state index contributed by atoms with van der Waals surface area (Å²) < 4.78 is 0. The number of hydrogen-bond acceptors (Lipinski definition) is 4. The highest BCUT2D eigenvalue weighted by atomic mass is 16.2. The third-order valence-corrected chi connectivity index (χ3v) is 3.86. The number of carbonyl (C=O) groups excluding carboxylic acids is 2. The van der Waals surface area contributed by atoms with E-state index in [0.717, 1.165) is 5.56 Å². The Kier molecular flexibility index (Phi) is 4.57. The number of nitrogens with zero attached hydrogens (tertiary/aromatic N) is 2. The molecule has 0 spiro atoms. The first-order valence-electron chi connectivity index (χ1n) is 7.65. The number of ketones is 2. The van der Waals surface area contributed by atoms with Gasteiger partial charge in [0.05, 0.1) is 5.71 Å². The van der Waals surface area contributed by atoms with Crippen molar-refractivity contribution >= 4 is 29.6 Å². The van der Waals surface area contributed by atoms with Crippen LogP contribution in [0.5, 0.6) is 0 Å². The van der Waals surface area contributed by atoms with Crippen molar-refractivity contribution in [2.45, 2.75) is 6.92 Å². The van der Waals surface area contributed by atoms with E-state index in [1.54, 1.807) is 37.3 Å². The molecule has 4 heteroatoms. The van der Waals surface area contributed by atoms with E-state index in [9.17, 15) is 9.59 Å². The van der Waals surface area contributed by atoms with E-state index in [0.29, 0.717) is 16.8 Å². The number of benzene rings is 2. The number of carbonyl (C=O) groups is 2. The SMILES string of the molecule is CC(=NN=CC=Cc1ccccc1)C1C(=O)c2ccccc2C1=O. The molecule has 118 valence electrons. The van der Waals surface area contributed by atoms with E-state index in [2.05, 4.69) is 10.2 Å². The predicted molar refractivity (Wildman–Crippen MR) is 95.7 cm³/mol. The van der Waals surface area contributed by atoms with Crippen LogP contribution in [0.2, 0.25) is 0 Å². The first kappa shape index (κ1) is 15.7. The van der Waals surface area contributed by atoms with Gasteiger partial charge in [-0.25, -0.2) is 0 Å². The van der Waals surface area contributed by atoms with Gasteiger partial charge in [0.2, 0.25) is 0 Å². The van der Waals surface area contributed by atoms with E-state index in [1.807, 2.05) is 36.4 Å². The summed E-state index contributed by atoms with van der Waals surface area (Å²) in [6.07, 6.45) is 5.20. The molecule has 24 heavy (non-hydrogen) atoms. The zero-order valence-corrected chi connectivity index (χ0v) is 13.2. The second-order valence-corrected chi connectivity index (χ2v) is 5.48. The van der Waals surface area contributed by atoms with E-state index < -0.39 is 5.92 Å². The lowest BCUT2D eigenvalue weighted by atomic mass is 9.99. The molecule has 0 N–H and O–H groups in total. The highest BCUT2D eigenvalue weighted by Crippen LogP contribution is 2.27. The zero-order chi connectivity index (χ0) is 16.9. The minimum Gasteiger partial charge on any atom is -0.293 e. The summed E-state index contributed by atoms with van der Waals surface area (Å²) in [6.45, 7) is 1.66. The molecule has 0 radical (unpaired) electrons. The van der Waals surface area contributed by atoms with E-state index >= 15 is 0 Å². The molecule has 0 saturated heterocycles. The van der Waals surface area contributed by atoms with Crippen LogP contribution >= 0.6 is 0 Å². The second-order valence-electron chi connectivity index (χ2n) is 5.48. The molecule has 0 unspecified atom stereocenters. The Morgan fingerprint density at radius 1 is 0.917 bits per heavy atom. The maximum atomic E-state index is 12.4. The summed E-state index contributed by atoms with van der Waals surface area (Å²) >= 11 is 0. The molecule has 0 atom stereocenters. The van der Waals surface area contributed by atoms with Crippen molar-refractivity contribution < 1.29 is 9.59 Å².